The molecule has 1 aliphatic rings. The van der Waals surface area contributed by atoms with Crippen LogP contribution >= 0.6 is 0 Å². The molecule has 1 aromatic rings. The number of methoxy groups -OCH3 is 1. The topological polar surface area (TPSA) is 41.6 Å². The number of hydrogen-bond acceptors (Lipinski definition) is 2. The number of carbonyl (C=O) groups excluding carboxylic acids is 1. The van der Waals surface area contributed by atoms with Gasteiger partial charge < -0.3 is 15.0 Å². The Bertz CT molecular complexity index is 393. The molecule has 0 aliphatic carbocycles. The highest BCUT2D eigenvalue weighted by molar-refractivity contribution is 5.74. The largest absolute Gasteiger partial charge is 0.383 e. The minimum absolute atomic E-state index is 0.00319. The Balaban J connectivity index is 1.91. The zero-order valence-electron chi connectivity index (χ0n) is 10.1. The van der Waals surface area contributed by atoms with E-state index < -0.39 is 0 Å². The molecule has 0 saturated heterocycles. The lowest BCUT2D eigenvalue weighted by atomic mass is 10.0. The van der Waals surface area contributed by atoms with Gasteiger partial charge in [0.1, 0.15) is 0 Å². The van der Waals surface area contributed by atoms with Crippen LogP contribution in [0.25, 0.3) is 0 Å². The minimum atomic E-state index is -0.00319. The van der Waals surface area contributed by atoms with E-state index in [-0.39, 0.29) is 6.03 Å². The van der Waals surface area contributed by atoms with Gasteiger partial charge in [0.25, 0.3) is 0 Å². The molecule has 0 fully saturated rings. The van der Waals surface area contributed by atoms with Crippen LogP contribution in [0.1, 0.15) is 11.1 Å². The van der Waals surface area contributed by atoms with Gasteiger partial charge in [-0.3, -0.25) is 0 Å². The van der Waals surface area contributed by atoms with Crippen LogP contribution in [0.2, 0.25) is 0 Å². The monoisotopic (exact) mass is 234 g/mol. The van der Waals surface area contributed by atoms with Crippen LogP contribution in [-0.4, -0.2) is 37.7 Å². The van der Waals surface area contributed by atoms with E-state index in [1.807, 2.05) is 17.0 Å². The van der Waals surface area contributed by atoms with E-state index in [2.05, 4.69) is 17.4 Å². The molecule has 1 aromatic carbocycles. The van der Waals surface area contributed by atoms with Crippen LogP contribution < -0.4 is 5.32 Å². The van der Waals surface area contributed by atoms with Crippen molar-refractivity contribution in [3.8, 4) is 0 Å². The molecule has 4 nitrogen and oxygen atoms in total. The average molecular weight is 234 g/mol. The molecule has 92 valence electrons. The molecule has 0 unspecified atom stereocenters. The maximum absolute atomic E-state index is 11.8. The number of nitrogens with zero attached hydrogens (tertiary/aromatic N) is 1. The third kappa shape index (κ3) is 2.97. The van der Waals surface area contributed by atoms with Crippen LogP contribution in [0.3, 0.4) is 0 Å². The van der Waals surface area contributed by atoms with Crippen molar-refractivity contribution in [1.82, 2.24) is 10.2 Å². The van der Waals surface area contributed by atoms with Gasteiger partial charge >= 0.3 is 6.03 Å². The van der Waals surface area contributed by atoms with Gasteiger partial charge in [-0.25, -0.2) is 4.79 Å². The molecule has 0 atom stereocenters. The summed E-state index contributed by atoms with van der Waals surface area (Å²) in [4.78, 5) is 13.7. The minimum Gasteiger partial charge on any atom is -0.383 e. The third-order valence-corrected chi connectivity index (χ3v) is 3.00. The number of carbonyl (C=O) groups is 1. The van der Waals surface area contributed by atoms with Crippen LogP contribution in [0, 0.1) is 0 Å². The lowest BCUT2D eigenvalue weighted by molar-refractivity contribution is 0.176. The molecule has 2 amide bonds. The zero-order valence-corrected chi connectivity index (χ0v) is 10.1. The molecular weight excluding hydrogens is 216 g/mol. The Morgan fingerprint density at radius 2 is 2.18 bits per heavy atom. The van der Waals surface area contributed by atoms with Crippen LogP contribution in [0.4, 0.5) is 4.79 Å². The standard InChI is InChI=1S/C13H18N2O2/c1-17-9-7-14-13(16)15-8-6-11-4-2-3-5-12(11)10-15/h2-5H,6-10H2,1H3,(H,14,16). The van der Waals surface area contributed by atoms with Gasteiger partial charge in [-0.1, -0.05) is 24.3 Å². The number of urea groups is 1. The van der Waals surface area contributed by atoms with Crippen molar-refractivity contribution < 1.29 is 9.53 Å². The Kier molecular flexibility index (Phi) is 3.98. The lowest BCUT2D eigenvalue weighted by Gasteiger charge is -2.28. The Labute approximate surface area is 102 Å². The first-order chi connectivity index (χ1) is 8.31. The van der Waals surface area contributed by atoms with E-state index in [4.69, 9.17) is 4.74 Å². The number of fused-ring (bicyclic) bond motifs is 1. The summed E-state index contributed by atoms with van der Waals surface area (Å²) in [5.74, 6) is 0. The van der Waals surface area contributed by atoms with Crippen molar-refractivity contribution in [3.63, 3.8) is 0 Å². The summed E-state index contributed by atoms with van der Waals surface area (Å²) in [5.41, 5.74) is 2.61. The van der Waals surface area contributed by atoms with Gasteiger partial charge in [0.15, 0.2) is 0 Å². The molecule has 17 heavy (non-hydrogen) atoms. The highest BCUT2D eigenvalue weighted by Crippen LogP contribution is 2.18. The predicted octanol–water partition coefficient (Wildman–Crippen LogP) is 1.40. The first-order valence-electron chi connectivity index (χ1n) is 5.90. The molecule has 1 N–H and O–H groups in total. The molecule has 1 aliphatic heterocycles. The summed E-state index contributed by atoms with van der Waals surface area (Å²) in [6.45, 7) is 2.61. The van der Waals surface area contributed by atoms with Crippen molar-refractivity contribution in [2.75, 3.05) is 26.8 Å². The molecule has 0 bridgehead atoms. The number of ether oxygens (including phenoxy) is 1. The molecule has 0 aromatic heterocycles. The first kappa shape index (κ1) is 11.9. The smallest absolute Gasteiger partial charge is 0.317 e. The first-order valence-corrected chi connectivity index (χ1v) is 5.90. The zero-order chi connectivity index (χ0) is 12.1. The highest BCUT2D eigenvalue weighted by Gasteiger charge is 2.19. The average Bonchev–Trinajstić information content (AvgIpc) is 2.38. The van der Waals surface area contributed by atoms with E-state index in [9.17, 15) is 4.79 Å². The number of nitrogens with one attached hydrogen (secondary N) is 1. The predicted molar refractivity (Wildman–Crippen MR) is 65.8 cm³/mol. The van der Waals surface area contributed by atoms with Crippen LogP contribution in [-0.2, 0) is 17.7 Å². The molecular formula is C13H18N2O2. The van der Waals surface area contributed by atoms with E-state index in [1.165, 1.54) is 11.1 Å². The molecule has 0 radical (unpaired) electrons. The number of hydrogen-bond donors (Lipinski definition) is 1. The maximum Gasteiger partial charge on any atom is 0.317 e. The van der Waals surface area contributed by atoms with E-state index in [0.717, 1.165) is 13.0 Å². The second-order valence-electron chi connectivity index (χ2n) is 4.16. The Morgan fingerprint density at radius 1 is 1.41 bits per heavy atom. The van der Waals surface area contributed by atoms with Crippen molar-refractivity contribution in [3.05, 3.63) is 35.4 Å². The lowest BCUT2D eigenvalue weighted by Crippen LogP contribution is -2.43. The molecule has 1 heterocycles. The Morgan fingerprint density at radius 3 is 2.94 bits per heavy atom. The van der Waals surface area contributed by atoms with Crippen molar-refractivity contribution in [1.29, 1.82) is 0 Å². The molecule has 0 saturated carbocycles. The summed E-state index contributed by atoms with van der Waals surface area (Å²) < 4.78 is 4.90. The van der Waals surface area contributed by atoms with Crippen molar-refractivity contribution >= 4 is 6.03 Å². The summed E-state index contributed by atoms with van der Waals surface area (Å²) in [7, 11) is 1.63. The van der Waals surface area contributed by atoms with Gasteiger partial charge in [0.05, 0.1) is 6.61 Å². The molecule has 0 spiro atoms. The number of rotatable bonds is 3. The van der Waals surface area contributed by atoms with Gasteiger partial charge in [-0.2, -0.15) is 0 Å². The van der Waals surface area contributed by atoms with Gasteiger partial charge in [-0.15, -0.1) is 0 Å². The normalized spacial score (nSPS) is 14.3. The maximum atomic E-state index is 11.8. The van der Waals surface area contributed by atoms with Gasteiger partial charge in [0, 0.05) is 26.7 Å². The van der Waals surface area contributed by atoms with E-state index in [0.29, 0.717) is 19.7 Å². The molecule has 4 heteroatoms. The van der Waals surface area contributed by atoms with E-state index >= 15 is 0 Å². The van der Waals surface area contributed by atoms with Crippen LogP contribution in [0.15, 0.2) is 24.3 Å². The fourth-order valence-electron chi connectivity index (χ4n) is 2.04. The van der Waals surface area contributed by atoms with Crippen molar-refractivity contribution in [2.24, 2.45) is 0 Å². The molecule has 2 rings (SSSR count). The summed E-state index contributed by atoms with van der Waals surface area (Å²) in [6, 6.07) is 8.29. The third-order valence-electron chi connectivity index (χ3n) is 3.00. The van der Waals surface area contributed by atoms with Crippen molar-refractivity contribution in [2.45, 2.75) is 13.0 Å². The second-order valence-corrected chi connectivity index (χ2v) is 4.16. The summed E-state index contributed by atoms with van der Waals surface area (Å²) >= 11 is 0. The second kappa shape index (κ2) is 5.68. The quantitative estimate of drug-likeness (QED) is 0.803. The Hall–Kier alpha value is -1.55. The van der Waals surface area contributed by atoms with Crippen LogP contribution in [0.5, 0.6) is 0 Å². The summed E-state index contributed by atoms with van der Waals surface area (Å²) in [6.07, 6.45) is 0.938. The fraction of sp³-hybridized carbons (Fsp3) is 0.462. The van der Waals surface area contributed by atoms with Gasteiger partial charge in [0.2, 0.25) is 0 Å². The van der Waals surface area contributed by atoms with Gasteiger partial charge in [-0.05, 0) is 17.5 Å². The highest BCUT2D eigenvalue weighted by atomic mass is 16.5. The summed E-state index contributed by atoms with van der Waals surface area (Å²) in [5, 5.41) is 2.85. The number of benzene rings is 1. The number of amides is 2. The SMILES string of the molecule is COCCNC(=O)N1CCc2ccccc2C1. The fourth-order valence-corrected chi connectivity index (χ4v) is 2.04. The van der Waals surface area contributed by atoms with E-state index in [1.54, 1.807) is 7.11 Å².